The molecule has 1 atom stereocenters. The van der Waals surface area contributed by atoms with E-state index in [4.69, 9.17) is 4.52 Å². The number of nitrogens with one attached hydrogen (secondary N) is 1. The zero-order chi connectivity index (χ0) is 19.9. The molecule has 2 aromatic rings. The number of carbonyl (C=O) groups excluding carboxylic acids is 2. The van der Waals surface area contributed by atoms with E-state index in [2.05, 4.69) is 27.5 Å². The van der Waals surface area contributed by atoms with E-state index in [1.54, 1.807) is 11.0 Å². The standard InChI is InChI=1S/C19H25N5O3S/c1-15(25)28-14-17(12-16-6-4-3-5-7-16)19(26)20-18-13-24(21-27-18)23-10-8-22(2)9-11-23/h3-7,13,17H,8-12,14H2,1-2H3/p+1. The summed E-state index contributed by atoms with van der Waals surface area (Å²) in [6, 6.07) is 9.78. The van der Waals surface area contributed by atoms with Gasteiger partial charge in [0.05, 0.1) is 23.8 Å². The molecule has 1 aromatic heterocycles. The lowest BCUT2D eigenvalue weighted by Gasteiger charge is -2.26. The summed E-state index contributed by atoms with van der Waals surface area (Å²) in [6.45, 7) is 5.09. The Labute approximate surface area is 168 Å². The molecule has 0 spiro atoms. The third kappa shape index (κ3) is 5.80. The molecule has 0 aliphatic carbocycles. The second-order valence-electron chi connectivity index (χ2n) is 6.92. The van der Waals surface area contributed by atoms with Gasteiger partial charge in [-0.1, -0.05) is 42.1 Å². The van der Waals surface area contributed by atoms with Crippen LogP contribution in [0.3, 0.4) is 0 Å². The van der Waals surface area contributed by atoms with E-state index in [0.29, 0.717) is 18.1 Å². The summed E-state index contributed by atoms with van der Waals surface area (Å²) >= 11 is 1.16. The van der Waals surface area contributed by atoms with Crippen LogP contribution in [0.5, 0.6) is 0 Å². The fourth-order valence-corrected chi connectivity index (χ4v) is 3.70. The first-order valence-corrected chi connectivity index (χ1v) is 10.3. The topological polar surface area (TPSA) is 82.6 Å². The van der Waals surface area contributed by atoms with Gasteiger partial charge in [0.25, 0.3) is 6.20 Å². The summed E-state index contributed by atoms with van der Waals surface area (Å²) < 4.78 is 5.29. The Morgan fingerprint density at radius 3 is 2.64 bits per heavy atom. The number of aromatic nitrogens is 2. The number of thioether (sulfide) groups is 1. The van der Waals surface area contributed by atoms with Crippen LogP contribution in [0, 0.1) is 5.92 Å². The van der Waals surface area contributed by atoms with E-state index < -0.39 is 0 Å². The Hall–Kier alpha value is -2.39. The third-order valence-electron chi connectivity index (χ3n) is 4.65. The zero-order valence-corrected chi connectivity index (χ0v) is 17.0. The first-order valence-electron chi connectivity index (χ1n) is 9.32. The number of likely N-dealkylation sites (N-methyl/N-ethyl adjacent to an activating group) is 1. The number of hydrogen-bond acceptors (Lipinski definition) is 7. The average Bonchev–Trinajstić information content (AvgIpc) is 3.14. The lowest BCUT2D eigenvalue weighted by molar-refractivity contribution is -0.759. The van der Waals surface area contributed by atoms with Crippen LogP contribution in [0.15, 0.2) is 41.1 Å². The van der Waals surface area contributed by atoms with Crippen molar-refractivity contribution in [3.05, 3.63) is 42.1 Å². The molecule has 0 saturated carbocycles. The highest BCUT2D eigenvalue weighted by Gasteiger charge is 2.27. The van der Waals surface area contributed by atoms with Crippen molar-refractivity contribution in [1.29, 1.82) is 0 Å². The molecule has 1 amide bonds. The second-order valence-corrected chi connectivity index (χ2v) is 8.12. The number of hydrogen-bond donors (Lipinski definition) is 1. The Kier molecular flexibility index (Phi) is 7.05. The monoisotopic (exact) mass is 404 g/mol. The number of piperazine rings is 1. The van der Waals surface area contributed by atoms with Gasteiger partial charge in [0.2, 0.25) is 11.2 Å². The maximum atomic E-state index is 12.8. The summed E-state index contributed by atoms with van der Waals surface area (Å²) in [6.07, 6.45) is 2.24. The molecule has 1 saturated heterocycles. The van der Waals surface area contributed by atoms with E-state index in [1.165, 1.54) is 6.92 Å². The summed E-state index contributed by atoms with van der Waals surface area (Å²) in [5.41, 5.74) is 1.05. The normalized spacial score (nSPS) is 16.0. The van der Waals surface area contributed by atoms with E-state index >= 15 is 0 Å². The fraction of sp³-hybridized carbons (Fsp3) is 0.474. The summed E-state index contributed by atoms with van der Waals surface area (Å²) in [4.78, 5) is 28.1. The smallest absolute Gasteiger partial charge is 0.302 e. The molecule has 9 heteroatoms. The minimum Gasteiger partial charge on any atom is -0.302 e. The minimum atomic E-state index is -0.349. The van der Waals surface area contributed by atoms with Crippen molar-refractivity contribution in [2.45, 2.75) is 13.3 Å². The highest BCUT2D eigenvalue weighted by Crippen LogP contribution is 2.17. The van der Waals surface area contributed by atoms with Gasteiger partial charge in [-0.25, -0.2) is 0 Å². The van der Waals surface area contributed by atoms with Crippen LogP contribution in [0.1, 0.15) is 12.5 Å². The number of carbonyl (C=O) groups is 2. The molecule has 8 nitrogen and oxygen atoms in total. The van der Waals surface area contributed by atoms with E-state index in [0.717, 1.165) is 43.5 Å². The number of rotatable bonds is 7. The van der Waals surface area contributed by atoms with Crippen LogP contribution in [0.4, 0.5) is 5.88 Å². The van der Waals surface area contributed by atoms with Crippen molar-refractivity contribution < 1.29 is 18.9 Å². The minimum absolute atomic E-state index is 0.00145. The molecule has 0 bridgehead atoms. The van der Waals surface area contributed by atoms with Crippen molar-refractivity contribution in [3.63, 3.8) is 0 Å². The van der Waals surface area contributed by atoms with Crippen LogP contribution in [0.25, 0.3) is 0 Å². The molecule has 28 heavy (non-hydrogen) atoms. The lowest BCUT2D eigenvalue weighted by Crippen LogP contribution is -2.64. The second kappa shape index (κ2) is 9.70. The van der Waals surface area contributed by atoms with E-state index in [-0.39, 0.29) is 16.9 Å². The van der Waals surface area contributed by atoms with Crippen molar-refractivity contribution in [2.24, 2.45) is 5.92 Å². The van der Waals surface area contributed by atoms with Crippen molar-refractivity contribution in [3.8, 4) is 0 Å². The summed E-state index contributed by atoms with van der Waals surface area (Å²) in [7, 11) is 2.09. The Morgan fingerprint density at radius 1 is 1.25 bits per heavy atom. The molecule has 1 aliphatic heterocycles. The maximum Gasteiger partial charge on any atom is 0.305 e. The molecule has 1 unspecified atom stereocenters. The van der Waals surface area contributed by atoms with Gasteiger partial charge in [0.15, 0.2) is 5.12 Å². The van der Waals surface area contributed by atoms with Gasteiger partial charge in [-0.05, 0) is 19.0 Å². The summed E-state index contributed by atoms with van der Waals surface area (Å²) in [5, 5.41) is 8.87. The number of amides is 1. The van der Waals surface area contributed by atoms with Gasteiger partial charge in [-0.2, -0.15) is 5.01 Å². The Balaban J connectivity index is 1.63. The fourth-order valence-electron chi connectivity index (χ4n) is 2.99. The largest absolute Gasteiger partial charge is 0.305 e. The van der Waals surface area contributed by atoms with Gasteiger partial charge < -0.3 is 4.90 Å². The molecule has 150 valence electrons. The lowest BCUT2D eigenvalue weighted by atomic mass is 10.0. The van der Waals surface area contributed by atoms with Crippen LogP contribution in [0.2, 0.25) is 0 Å². The predicted molar refractivity (Wildman–Crippen MR) is 108 cm³/mol. The molecular weight excluding hydrogens is 378 g/mol. The molecule has 2 heterocycles. The van der Waals surface area contributed by atoms with Gasteiger partial charge in [-0.3, -0.25) is 19.4 Å². The Bertz CT molecular complexity index is 790. The van der Waals surface area contributed by atoms with Gasteiger partial charge >= 0.3 is 5.88 Å². The molecule has 0 radical (unpaired) electrons. The highest BCUT2D eigenvalue weighted by molar-refractivity contribution is 8.13. The number of nitrogens with zero attached hydrogens (tertiary/aromatic N) is 4. The predicted octanol–water partition coefficient (Wildman–Crippen LogP) is 0.923. The van der Waals surface area contributed by atoms with Crippen LogP contribution < -0.4 is 15.1 Å². The maximum absolute atomic E-state index is 12.8. The highest BCUT2D eigenvalue weighted by atomic mass is 32.2. The van der Waals surface area contributed by atoms with Gasteiger partial charge in [-0.15, -0.1) is 0 Å². The number of anilines is 1. The van der Waals surface area contributed by atoms with Crippen LogP contribution in [-0.2, 0) is 16.0 Å². The molecule has 1 fully saturated rings. The SMILES string of the molecule is CC(=O)SCC(Cc1ccccc1)C(=O)Nc1c[n+](N2CCN(C)CC2)no1. The zero-order valence-electron chi connectivity index (χ0n) is 16.2. The average molecular weight is 405 g/mol. The first kappa shape index (κ1) is 20.3. The first-order chi connectivity index (χ1) is 13.5. The molecule has 3 rings (SSSR count). The number of benzene rings is 1. The summed E-state index contributed by atoms with van der Waals surface area (Å²) in [5.74, 6) is 0.190. The van der Waals surface area contributed by atoms with Crippen LogP contribution >= 0.6 is 11.8 Å². The van der Waals surface area contributed by atoms with E-state index in [9.17, 15) is 9.59 Å². The van der Waals surface area contributed by atoms with Crippen molar-refractivity contribution >= 4 is 28.7 Å². The quantitative estimate of drug-likeness (QED) is 0.687. The molecule has 1 N–H and O–H groups in total. The van der Waals surface area contributed by atoms with E-state index in [1.807, 2.05) is 30.3 Å². The van der Waals surface area contributed by atoms with Crippen molar-refractivity contribution in [2.75, 3.05) is 49.3 Å². The van der Waals surface area contributed by atoms with Crippen LogP contribution in [-0.4, -0.2) is 60.2 Å². The molecule has 1 aromatic carbocycles. The molecular formula is C19H26N5O3S+. The van der Waals surface area contributed by atoms with Crippen molar-refractivity contribution in [1.82, 2.24) is 10.2 Å². The third-order valence-corrected chi connectivity index (χ3v) is 5.63. The Morgan fingerprint density at radius 2 is 1.96 bits per heavy atom. The van der Waals surface area contributed by atoms with Gasteiger partial charge in [0.1, 0.15) is 0 Å². The molecule has 1 aliphatic rings. The van der Waals surface area contributed by atoms with Gasteiger partial charge in [0, 0.05) is 25.8 Å².